The molecule has 2 heterocycles. The number of rotatable bonds is 4. The fourth-order valence-electron chi connectivity index (χ4n) is 5.59. The summed E-state index contributed by atoms with van der Waals surface area (Å²) in [6.07, 6.45) is 0. The van der Waals surface area contributed by atoms with E-state index in [4.69, 9.17) is 8.83 Å². The van der Waals surface area contributed by atoms with Crippen LogP contribution in [0.25, 0.3) is 77.6 Å². The average molecular weight is 513 g/mol. The average Bonchev–Trinajstić information content (AvgIpc) is 3.69. The van der Waals surface area contributed by atoms with Crippen molar-refractivity contribution in [3.63, 3.8) is 0 Å². The minimum absolute atomic E-state index is 0.844. The largest absolute Gasteiger partial charge is 0.456 e. The molecule has 2 aromatic heterocycles. The van der Waals surface area contributed by atoms with Crippen molar-refractivity contribution in [2.75, 3.05) is 0 Å². The van der Waals surface area contributed by atoms with Gasteiger partial charge < -0.3 is 8.83 Å². The summed E-state index contributed by atoms with van der Waals surface area (Å²) in [4.78, 5) is 0. The van der Waals surface area contributed by atoms with Crippen molar-refractivity contribution in [2.24, 2.45) is 0 Å². The van der Waals surface area contributed by atoms with Crippen molar-refractivity contribution in [3.05, 3.63) is 146 Å². The van der Waals surface area contributed by atoms with Gasteiger partial charge in [-0.15, -0.1) is 0 Å². The number of furan rings is 2. The predicted octanol–water partition coefficient (Wildman–Crippen LogP) is 11.0. The van der Waals surface area contributed by atoms with Crippen LogP contribution in [0.5, 0.6) is 0 Å². The monoisotopic (exact) mass is 512 g/mol. The molecule has 6 aromatic carbocycles. The topological polar surface area (TPSA) is 26.3 Å². The van der Waals surface area contributed by atoms with Gasteiger partial charge in [-0.2, -0.15) is 0 Å². The van der Waals surface area contributed by atoms with Crippen molar-refractivity contribution >= 4 is 32.5 Å². The number of para-hydroxylation sites is 1. The summed E-state index contributed by atoms with van der Waals surface area (Å²) in [7, 11) is 0. The van der Waals surface area contributed by atoms with E-state index in [2.05, 4.69) is 115 Å². The Kier molecular flexibility index (Phi) is 5.17. The molecule has 0 saturated heterocycles. The van der Waals surface area contributed by atoms with Gasteiger partial charge in [-0.25, -0.2) is 0 Å². The maximum Gasteiger partial charge on any atom is 0.135 e. The molecule has 0 radical (unpaired) electrons. The van der Waals surface area contributed by atoms with Crippen molar-refractivity contribution in [1.82, 2.24) is 0 Å². The van der Waals surface area contributed by atoms with E-state index in [1.807, 2.05) is 30.3 Å². The van der Waals surface area contributed by atoms with E-state index in [0.717, 1.165) is 44.9 Å². The summed E-state index contributed by atoms with van der Waals surface area (Å²) in [5, 5.41) is 6.21. The van der Waals surface area contributed by atoms with Gasteiger partial charge in [0.05, 0.1) is 0 Å². The third-order valence-corrected chi connectivity index (χ3v) is 7.73. The molecule has 0 amide bonds. The smallest absolute Gasteiger partial charge is 0.135 e. The molecule has 0 spiro atoms. The van der Waals surface area contributed by atoms with Gasteiger partial charge >= 0.3 is 0 Å². The van der Waals surface area contributed by atoms with Gasteiger partial charge in [-0.3, -0.25) is 0 Å². The van der Waals surface area contributed by atoms with Gasteiger partial charge in [0.25, 0.3) is 0 Å². The summed E-state index contributed by atoms with van der Waals surface area (Å²) < 4.78 is 12.3. The Bertz CT molecular complexity index is 2110. The first kappa shape index (κ1) is 22.6. The minimum Gasteiger partial charge on any atom is -0.456 e. The molecule has 188 valence electrons. The Hall–Kier alpha value is -5.34. The second-order valence-electron chi connectivity index (χ2n) is 10.2. The van der Waals surface area contributed by atoms with Gasteiger partial charge in [-0.05, 0) is 63.0 Å². The Balaban J connectivity index is 1.04. The van der Waals surface area contributed by atoms with E-state index in [9.17, 15) is 0 Å². The van der Waals surface area contributed by atoms with Crippen molar-refractivity contribution in [1.29, 1.82) is 0 Å². The van der Waals surface area contributed by atoms with E-state index >= 15 is 0 Å². The van der Waals surface area contributed by atoms with E-state index in [1.54, 1.807) is 0 Å². The van der Waals surface area contributed by atoms with Crippen LogP contribution in [0.3, 0.4) is 0 Å². The Morgan fingerprint density at radius 3 is 1.57 bits per heavy atom. The van der Waals surface area contributed by atoms with Crippen molar-refractivity contribution in [3.8, 4) is 45.1 Å². The van der Waals surface area contributed by atoms with E-state index in [-0.39, 0.29) is 0 Å². The molecule has 2 nitrogen and oxygen atoms in total. The van der Waals surface area contributed by atoms with Crippen LogP contribution in [0.15, 0.2) is 154 Å². The molecule has 0 saturated carbocycles. The van der Waals surface area contributed by atoms with Crippen LogP contribution in [-0.2, 0) is 0 Å². The fraction of sp³-hybridized carbons (Fsp3) is 0. The molecular formula is C38H24O2. The van der Waals surface area contributed by atoms with E-state index in [1.165, 1.54) is 32.7 Å². The van der Waals surface area contributed by atoms with Gasteiger partial charge in [0.2, 0.25) is 0 Å². The van der Waals surface area contributed by atoms with Crippen LogP contribution in [0.4, 0.5) is 0 Å². The molecule has 0 unspecified atom stereocenters. The highest BCUT2D eigenvalue weighted by molar-refractivity contribution is 6.08. The first-order valence-electron chi connectivity index (χ1n) is 13.5. The fourth-order valence-corrected chi connectivity index (χ4v) is 5.59. The molecule has 0 bridgehead atoms. The standard InChI is InChI=1S/C38H24O2/c1-3-7-33-26(5-1)11-18-31-23-30(19-20-34(31)33)25-9-12-27(13-10-25)36-21-22-37(39-36)28-14-16-29(17-15-28)38-24-32-6-2-4-8-35(32)40-38/h1-24H. The molecule has 2 heteroatoms. The molecule has 8 rings (SSSR count). The lowest BCUT2D eigenvalue weighted by Crippen LogP contribution is -1.82. The highest BCUT2D eigenvalue weighted by Gasteiger charge is 2.10. The van der Waals surface area contributed by atoms with E-state index in [0.29, 0.717) is 0 Å². The van der Waals surface area contributed by atoms with Crippen molar-refractivity contribution < 1.29 is 8.83 Å². The summed E-state index contributed by atoms with van der Waals surface area (Å²) in [6, 6.07) is 50.8. The lowest BCUT2D eigenvalue weighted by molar-refractivity contribution is 0.597. The summed E-state index contributed by atoms with van der Waals surface area (Å²) in [5.74, 6) is 2.57. The Morgan fingerprint density at radius 2 is 0.850 bits per heavy atom. The molecule has 0 aliphatic rings. The summed E-state index contributed by atoms with van der Waals surface area (Å²) in [5.41, 5.74) is 6.43. The number of hydrogen-bond acceptors (Lipinski definition) is 2. The number of fused-ring (bicyclic) bond motifs is 4. The SMILES string of the molecule is c1ccc2oc(-c3ccc(-c4ccc(-c5ccc(-c6ccc7c(ccc8ccccc87)c6)cc5)o4)cc3)cc2c1. The van der Waals surface area contributed by atoms with Crippen LogP contribution in [-0.4, -0.2) is 0 Å². The lowest BCUT2D eigenvalue weighted by atomic mass is 9.97. The molecule has 0 atom stereocenters. The third kappa shape index (κ3) is 3.90. The molecular weight excluding hydrogens is 488 g/mol. The highest BCUT2D eigenvalue weighted by atomic mass is 16.3. The number of benzene rings is 6. The van der Waals surface area contributed by atoms with Gasteiger partial charge in [-0.1, -0.05) is 115 Å². The van der Waals surface area contributed by atoms with Gasteiger partial charge in [0.15, 0.2) is 0 Å². The summed E-state index contributed by atoms with van der Waals surface area (Å²) >= 11 is 0. The Morgan fingerprint density at radius 1 is 0.300 bits per heavy atom. The second kappa shape index (κ2) is 9.14. The van der Waals surface area contributed by atoms with Crippen LogP contribution >= 0.6 is 0 Å². The molecule has 0 N–H and O–H groups in total. The first-order valence-corrected chi connectivity index (χ1v) is 13.5. The van der Waals surface area contributed by atoms with E-state index < -0.39 is 0 Å². The van der Waals surface area contributed by atoms with Gasteiger partial charge in [0, 0.05) is 22.1 Å². The van der Waals surface area contributed by atoms with Gasteiger partial charge in [0.1, 0.15) is 22.9 Å². The normalized spacial score (nSPS) is 11.5. The maximum absolute atomic E-state index is 6.27. The highest BCUT2D eigenvalue weighted by Crippen LogP contribution is 2.34. The van der Waals surface area contributed by atoms with Crippen LogP contribution in [0.1, 0.15) is 0 Å². The zero-order chi connectivity index (χ0) is 26.5. The zero-order valence-corrected chi connectivity index (χ0v) is 21.7. The molecule has 0 aliphatic carbocycles. The quantitative estimate of drug-likeness (QED) is 0.219. The van der Waals surface area contributed by atoms with Crippen LogP contribution in [0, 0.1) is 0 Å². The maximum atomic E-state index is 6.27. The number of hydrogen-bond donors (Lipinski definition) is 0. The third-order valence-electron chi connectivity index (χ3n) is 7.73. The first-order chi connectivity index (χ1) is 19.8. The zero-order valence-electron chi connectivity index (χ0n) is 21.7. The molecule has 8 aromatic rings. The molecule has 0 aliphatic heterocycles. The minimum atomic E-state index is 0.844. The molecule has 0 fully saturated rings. The van der Waals surface area contributed by atoms with Crippen LogP contribution < -0.4 is 0 Å². The van der Waals surface area contributed by atoms with Crippen LogP contribution in [0.2, 0.25) is 0 Å². The van der Waals surface area contributed by atoms with Crippen molar-refractivity contribution in [2.45, 2.75) is 0 Å². The second-order valence-corrected chi connectivity index (χ2v) is 10.2. The predicted molar refractivity (Wildman–Crippen MR) is 165 cm³/mol. The lowest BCUT2D eigenvalue weighted by Gasteiger charge is -2.08. The Labute approximate surface area is 231 Å². The summed E-state index contributed by atoms with van der Waals surface area (Å²) in [6.45, 7) is 0. The molecule has 40 heavy (non-hydrogen) atoms.